The van der Waals surface area contributed by atoms with Crippen molar-refractivity contribution >= 4 is 18.3 Å². The molecule has 2 rings (SSSR count). The summed E-state index contributed by atoms with van der Waals surface area (Å²) in [4.78, 5) is 14.0. The van der Waals surface area contributed by atoms with E-state index in [1.165, 1.54) is 0 Å². The first-order valence-electron chi connectivity index (χ1n) is 5.57. The Morgan fingerprint density at radius 3 is 2.76 bits per heavy atom. The van der Waals surface area contributed by atoms with Gasteiger partial charge in [0.15, 0.2) is 0 Å². The van der Waals surface area contributed by atoms with Gasteiger partial charge in [0.05, 0.1) is 5.69 Å². The molecule has 0 radical (unpaired) electrons. The van der Waals surface area contributed by atoms with Crippen molar-refractivity contribution in [2.24, 2.45) is 5.73 Å². The quantitative estimate of drug-likeness (QED) is 0.825. The molecule has 0 saturated carbocycles. The van der Waals surface area contributed by atoms with Gasteiger partial charge in [-0.05, 0) is 26.7 Å². The molecular formula is C11H18ClN3O2. The monoisotopic (exact) mass is 259 g/mol. The van der Waals surface area contributed by atoms with Crippen LogP contribution in [0.3, 0.4) is 0 Å². The first kappa shape index (κ1) is 14.0. The standard InChI is InChI=1S/C11H17N3O2.ClH/c1-7-10(8(2)16-13-7)11(15)14-5-3-4-9(12)6-14;/h9H,3-6,12H2,1-2H3;1H/t9-;/m1./s1. The number of likely N-dealkylation sites (tertiary alicyclic amines) is 1. The molecule has 96 valence electrons. The van der Waals surface area contributed by atoms with Crippen molar-refractivity contribution in [2.75, 3.05) is 13.1 Å². The third-order valence-corrected chi connectivity index (χ3v) is 2.99. The highest BCUT2D eigenvalue weighted by atomic mass is 35.5. The van der Waals surface area contributed by atoms with Crippen molar-refractivity contribution in [3.8, 4) is 0 Å². The van der Waals surface area contributed by atoms with Gasteiger partial charge in [0, 0.05) is 19.1 Å². The summed E-state index contributed by atoms with van der Waals surface area (Å²) in [6.45, 7) is 4.95. The van der Waals surface area contributed by atoms with Gasteiger partial charge in [0.25, 0.3) is 5.91 Å². The van der Waals surface area contributed by atoms with E-state index < -0.39 is 0 Å². The van der Waals surface area contributed by atoms with Gasteiger partial charge in [-0.2, -0.15) is 0 Å². The SMILES string of the molecule is Cc1noc(C)c1C(=O)N1CCC[C@@H](N)C1.Cl. The van der Waals surface area contributed by atoms with Gasteiger partial charge in [0.1, 0.15) is 11.3 Å². The van der Waals surface area contributed by atoms with Crippen LogP contribution in [0, 0.1) is 13.8 Å². The van der Waals surface area contributed by atoms with Crippen molar-refractivity contribution < 1.29 is 9.32 Å². The lowest BCUT2D eigenvalue weighted by atomic mass is 10.0. The smallest absolute Gasteiger partial charge is 0.259 e. The maximum Gasteiger partial charge on any atom is 0.259 e. The topological polar surface area (TPSA) is 72.4 Å². The minimum atomic E-state index is -0.00796. The Balaban J connectivity index is 0.00000144. The molecule has 1 fully saturated rings. The second-order valence-corrected chi connectivity index (χ2v) is 4.35. The van der Waals surface area contributed by atoms with Gasteiger partial charge in [-0.25, -0.2) is 0 Å². The number of aromatic nitrogens is 1. The number of carbonyl (C=O) groups is 1. The molecule has 1 atom stereocenters. The summed E-state index contributed by atoms with van der Waals surface area (Å²) < 4.78 is 5.01. The Morgan fingerprint density at radius 1 is 1.53 bits per heavy atom. The van der Waals surface area contributed by atoms with Gasteiger partial charge in [-0.1, -0.05) is 5.16 Å². The molecule has 1 aliphatic heterocycles. The van der Waals surface area contributed by atoms with Crippen LogP contribution < -0.4 is 5.73 Å². The molecule has 1 aliphatic rings. The predicted octanol–water partition coefficient (Wildman–Crippen LogP) is 1.28. The number of halogens is 1. The molecule has 1 saturated heterocycles. The van der Waals surface area contributed by atoms with E-state index in [1.54, 1.807) is 18.7 Å². The van der Waals surface area contributed by atoms with Crippen LogP contribution in [0.25, 0.3) is 0 Å². The summed E-state index contributed by atoms with van der Waals surface area (Å²) in [5.41, 5.74) is 7.11. The van der Waals surface area contributed by atoms with Crippen LogP contribution >= 0.6 is 12.4 Å². The van der Waals surface area contributed by atoms with E-state index in [4.69, 9.17) is 10.3 Å². The highest BCUT2D eigenvalue weighted by Crippen LogP contribution is 2.18. The molecule has 0 aromatic carbocycles. The van der Waals surface area contributed by atoms with Crippen molar-refractivity contribution in [1.29, 1.82) is 0 Å². The molecule has 0 aliphatic carbocycles. The summed E-state index contributed by atoms with van der Waals surface area (Å²) in [6.07, 6.45) is 1.96. The second-order valence-electron chi connectivity index (χ2n) is 4.35. The molecule has 5 nitrogen and oxygen atoms in total. The van der Waals surface area contributed by atoms with E-state index in [0.717, 1.165) is 19.4 Å². The Hall–Kier alpha value is -1.07. The van der Waals surface area contributed by atoms with Crippen LogP contribution in [0.1, 0.15) is 34.7 Å². The van der Waals surface area contributed by atoms with E-state index in [1.807, 2.05) is 0 Å². The highest BCUT2D eigenvalue weighted by molar-refractivity contribution is 5.96. The predicted molar refractivity (Wildman–Crippen MR) is 66.3 cm³/mol. The number of hydrogen-bond donors (Lipinski definition) is 1. The molecule has 1 aromatic rings. The molecule has 0 unspecified atom stereocenters. The Kier molecular flexibility index (Phi) is 4.54. The fourth-order valence-corrected chi connectivity index (χ4v) is 2.14. The van der Waals surface area contributed by atoms with Crippen LogP contribution in [-0.4, -0.2) is 35.1 Å². The summed E-state index contributed by atoms with van der Waals surface area (Å²) in [7, 11) is 0. The number of amides is 1. The molecule has 1 aromatic heterocycles. The largest absolute Gasteiger partial charge is 0.361 e. The number of nitrogens with two attached hydrogens (primary N) is 1. The average molecular weight is 260 g/mol. The molecule has 2 N–H and O–H groups in total. The zero-order valence-electron chi connectivity index (χ0n) is 10.1. The number of aryl methyl sites for hydroxylation is 2. The van der Waals surface area contributed by atoms with Gasteiger partial charge < -0.3 is 15.2 Å². The summed E-state index contributed by atoms with van der Waals surface area (Å²) in [6, 6.07) is 0.0955. The number of nitrogens with zero attached hydrogens (tertiary/aromatic N) is 2. The lowest BCUT2D eigenvalue weighted by molar-refractivity contribution is 0.0706. The molecule has 17 heavy (non-hydrogen) atoms. The van der Waals surface area contributed by atoms with E-state index in [-0.39, 0.29) is 24.4 Å². The molecule has 0 bridgehead atoms. The fraction of sp³-hybridized carbons (Fsp3) is 0.636. The molecule has 2 heterocycles. The summed E-state index contributed by atoms with van der Waals surface area (Å²) in [5.74, 6) is 0.577. The van der Waals surface area contributed by atoms with Crippen molar-refractivity contribution in [2.45, 2.75) is 32.7 Å². The zero-order valence-corrected chi connectivity index (χ0v) is 10.9. The first-order chi connectivity index (χ1) is 7.59. The number of hydrogen-bond acceptors (Lipinski definition) is 4. The van der Waals surface area contributed by atoms with Crippen LogP contribution in [0.2, 0.25) is 0 Å². The van der Waals surface area contributed by atoms with Gasteiger partial charge in [-0.15, -0.1) is 12.4 Å². The molecular weight excluding hydrogens is 242 g/mol. The third-order valence-electron chi connectivity index (χ3n) is 2.99. The fourth-order valence-electron chi connectivity index (χ4n) is 2.14. The summed E-state index contributed by atoms with van der Waals surface area (Å²) in [5, 5.41) is 3.80. The zero-order chi connectivity index (χ0) is 11.7. The van der Waals surface area contributed by atoms with Crippen LogP contribution in [0.15, 0.2) is 4.52 Å². The summed E-state index contributed by atoms with van der Waals surface area (Å²) >= 11 is 0. The van der Waals surface area contributed by atoms with Crippen LogP contribution in [0.5, 0.6) is 0 Å². The minimum absolute atomic E-state index is 0. The van der Waals surface area contributed by atoms with Gasteiger partial charge >= 0.3 is 0 Å². The third kappa shape index (κ3) is 2.79. The maximum atomic E-state index is 12.2. The number of rotatable bonds is 1. The lowest BCUT2D eigenvalue weighted by Crippen LogP contribution is -2.45. The van der Waals surface area contributed by atoms with E-state index in [2.05, 4.69) is 5.16 Å². The van der Waals surface area contributed by atoms with Crippen molar-refractivity contribution in [3.05, 3.63) is 17.0 Å². The molecule has 1 amide bonds. The minimum Gasteiger partial charge on any atom is -0.361 e. The second kappa shape index (κ2) is 5.51. The van der Waals surface area contributed by atoms with E-state index in [0.29, 0.717) is 23.6 Å². The van der Waals surface area contributed by atoms with Crippen LogP contribution in [0.4, 0.5) is 0 Å². The average Bonchev–Trinajstić information content (AvgIpc) is 2.58. The number of carbonyl (C=O) groups excluding carboxylic acids is 1. The van der Waals surface area contributed by atoms with E-state index >= 15 is 0 Å². The normalized spacial score (nSPS) is 19.9. The van der Waals surface area contributed by atoms with E-state index in [9.17, 15) is 4.79 Å². The Bertz CT molecular complexity index is 386. The molecule has 6 heteroatoms. The molecule has 0 spiro atoms. The highest BCUT2D eigenvalue weighted by Gasteiger charge is 2.26. The first-order valence-corrected chi connectivity index (χ1v) is 5.57. The number of piperidine rings is 1. The Morgan fingerprint density at radius 2 is 2.24 bits per heavy atom. The van der Waals surface area contributed by atoms with Gasteiger partial charge in [0.2, 0.25) is 0 Å². The van der Waals surface area contributed by atoms with Crippen LogP contribution in [-0.2, 0) is 0 Å². The van der Waals surface area contributed by atoms with Gasteiger partial charge in [-0.3, -0.25) is 4.79 Å². The maximum absolute atomic E-state index is 12.2. The van der Waals surface area contributed by atoms with Crippen molar-refractivity contribution in [1.82, 2.24) is 10.1 Å². The lowest BCUT2D eigenvalue weighted by Gasteiger charge is -2.30. The van der Waals surface area contributed by atoms with Crippen molar-refractivity contribution in [3.63, 3.8) is 0 Å². The Labute approximate surface area is 107 Å².